The summed E-state index contributed by atoms with van der Waals surface area (Å²) < 4.78 is 1.72. The third kappa shape index (κ3) is 3.33. The van der Waals surface area contributed by atoms with E-state index >= 15 is 0 Å². The van der Waals surface area contributed by atoms with Crippen molar-refractivity contribution in [3.8, 4) is 0 Å². The van der Waals surface area contributed by atoms with Crippen LogP contribution in [0.5, 0.6) is 0 Å². The number of likely N-dealkylation sites (tertiary alicyclic amines) is 1. The van der Waals surface area contributed by atoms with Crippen molar-refractivity contribution >= 4 is 12.0 Å². The predicted molar refractivity (Wildman–Crippen MR) is 88.6 cm³/mol. The van der Waals surface area contributed by atoms with Gasteiger partial charge in [-0.25, -0.2) is 0 Å². The van der Waals surface area contributed by atoms with Crippen molar-refractivity contribution in [3.63, 3.8) is 0 Å². The molecule has 0 unspecified atom stereocenters. The molecule has 1 saturated carbocycles. The van der Waals surface area contributed by atoms with Gasteiger partial charge in [0.1, 0.15) is 0 Å². The first kappa shape index (κ1) is 16.2. The van der Waals surface area contributed by atoms with Gasteiger partial charge in [0.25, 0.3) is 0 Å². The minimum atomic E-state index is -0.452. The van der Waals surface area contributed by atoms with Gasteiger partial charge in [-0.3, -0.25) is 14.4 Å². The molecule has 6 heteroatoms. The molecule has 0 radical (unpaired) electrons. The number of nitrogens with zero attached hydrogens (tertiary/aromatic N) is 4. The van der Waals surface area contributed by atoms with Gasteiger partial charge in [-0.1, -0.05) is 0 Å². The number of likely N-dealkylation sites (N-methyl/N-ethyl adjacent to an activating group) is 1. The van der Waals surface area contributed by atoms with E-state index in [9.17, 15) is 9.90 Å². The maximum absolute atomic E-state index is 12.4. The van der Waals surface area contributed by atoms with Crippen molar-refractivity contribution in [3.05, 3.63) is 24.0 Å². The molecule has 2 aliphatic rings. The molecule has 6 nitrogen and oxygen atoms in total. The molecule has 126 valence electrons. The third-order valence-electron chi connectivity index (χ3n) is 5.26. The Morgan fingerprint density at radius 1 is 1.39 bits per heavy atom. The van der Waals surface area contributed by atoms with Crippen LogP contribution in [0.15, 0.2) is 18.3 Å². The quantitative estimate of drug-likeness (QED) is 0.837. The fraction of sp³-hybridized carbons (Fsp3) is 0.647. The molecule has 23 heavy (non-hydrogen) atoms. The monoisotopic (exact) mass is 318 g/mol. The summed E-state index contributed by atoms with van der Waals surface area (Å²) in [5.74, 6) is -0.0719. The van der Waals surface area contributed by atoms with E-state index in [-0.39, 0.29) is 18.0 Å². The van der Waals surface area contributed by atoms with E-state index in [1.165, 1.54) is 12.8 Å². The summed E-state index contributed by atoms with van der Waals surface area (Å²) in [5, 5.41) is 14.7. The molecule has 1 aromatic rings. The molecule has 1 aliphatic carbocycles. The second-order valence-electron chi connectivity index (χ2n) is 6.61. The number of amides is 1. The van der Waals surface area contributed by atoms with E-state index in [4.69, 9.17) is 0 Å². The van der Waals surface area contributed by atoms with Crippen LogP contribution in [0.2, 0.25) is 0 Å². The lowest BCUT2D eigenvalue weighted by atomic mass is 10.1. The highest BCUT2D eigenvalue weighted by Gasteiger charge is 2.41. The van der Waals surface area contributed by atoms with Gasteiger partial charge < -0.3 is 10.0 Å². The number of aryl methyl sites for hydroxylation is 1. The summed E-state index contributed by atoms with van der Waals surface area (Å²) in [6.45, 7) is 2.15. The molecule has 1 saturated heterocycles. The Labute approximate surface area is 137 Å². The van der Waals surface area contributed by atoms with Crippen LogP contribution >= 0.6 is 0 Å². The summed E-state index contributed by atoms with van der Waals surface area (Å²) in [4.78, 5) is 16.5. The lowest BCUT2D eigenvalue weighted by Gasteiger charge is -2.31. The van der Waals surface area contributed by atoms with E-state index in [2.05, 4.69) is 10.00 Å². The molecule has 1 amide bonds. The summed E-state index contributed by atoms with van der Waals surface area (Å²) in [6.07, 6.45) is 8.85. The predicted octanol–water partition coefficient (Wildman–Crippen LogP) is 0.879. The van der Waals surface area contributed by atoms with Gasteiger partial charge in [-0.2, -0.15) is 5.10 Å². The number of carbonyl (C=O) groups is 1. The Kier molecular flexibility index (Phi) is 4.82. The molecule has 2 heterocycles. The fourth-order valence-electron chi connectivity index (χ4n) is 3.82. The lowest BCUT2D eigenvalue weighted by Crippen LogP contribution is -2.48. The van der Waals surface area contributed by atoms with Gasteiger partial charge in [-0.15, -0.1) is 0 Å². The SMILES string of the molecule is CN(C(=O)/C=C/c1ccnn1C)[C@@H]1CC[C@@H](N2CCCC2)[C@@H]1O. The molecule has 0 bridgehead atoms. The maximum Gasteiger partial charge on any atom is 0.246 e. The zero-order valence-electron chi connectivity index (χ0n) is 13.9. The Morgan fingerprint density at radius 3 is 2.78 bits per heavy atom. The average Bonchev–Trinajstić information content (AvgIpc) is 3.25. The normalized spacial score (nSPS) is 28.7. The van der Waals surface area contributed by atoms with Crippen LogP contribution in [0.4, 0.5) is 0 Å². The molecule has 1 aromatic heterocycles. The van der Waals surface area contributed by atoms with Crippen LogP contribution in [-0.4, -0.2) is 68.9 Å². The minimum Gasteiger partial charge on any atom is -0.389 e. The Balaban J connectivity index is 1.61. The highest BCUT2D eigenvalue weighted by atomic mass is 16.3. The Hall–Kier alpha value is -1.66. The number of hydrogen-bond acceptors (Lipinski definition) is 4. The largest absolute Gasteiger partial charge is 0.389 e. The van der Waals surface area contributed by atoms with Crippen molar-refractivity contribution < 1.29 is 9.90 Å². The highest BCUT2D eigenvalue weighted by Crippen LogP contribution is 2.30. The molecule has 0 spiro atoms. The standard InChI is InChI=1S/C17H26N4O2/c1-19(16(22)8-5-13-9-10-18-20(13)2)14-6-7-15(17(14)23)21-11-3-4-12-21/h5,8-10,14-15,17,23H,3-4,6-7,11-12H2,1-2H3/b8-5+/t14-,15-,17-/m1/s1. The van der Waals surface area contributed by atoms with Crippen molar-refractivity contribution in [1.29, 1.82) is 0 Å². The topological polar surface area (TPSA) is 61.6 Å². The van der Waals surface area contributed by atoms with E-state index < -0.39 is 6.10 Å². The summed E-state index contributed by atoms with van der Waals surface area (Å²) in [6, 6.07) is 1.97. The van der Waals surface area contributed by atoms with Gasteiger partial charge >= 0.3 is 0 Å². The van der Waals surface area contributed by atoms with Crippen molar-refractivity contribution in [2.24, 2.45) is 7.05 Å². The zero-order chi connectivity index (χ0) is 16.4. The number of hydrogen-bond donors (Lipinski definition) is 1. The summed E-state index contributed by atoms with van der Waals surface area (Å²) in [5.41, 5.74) is 0.883. The van der Waals surface area contributed by atoms with Gasteiger partial charge in [0.05, 0.1) is 17.8 Å². The fourth-order valence-corrected chi connectivity index (χ4v) is 3.82. The number of rotatable bonds is 4. The first-order valence-electron chi connectivity index (χ1n) is 8.43. The van der Waals surface area contributed by atoms with Gasteiger partial charge in [0, 0.05) is 32.4 Å². The number of aliphatic hydroxyl groups is 1. The smallest absolute Gasteiger partial charge is 0.246 e. The number of carbonyl (C=O) groups excluding carboxylic acids is 1. The molecule has 3 atom stereocenters. The van der Waals surface area contributed by atoms with Crippen LogP contribution in [-0.2, 0) is 11.8 Å². The first-order chi connectivity index (χ1) is 11.1. The summed E-state index contributed by atoms with van der Waals surface area (Å²) in [7, 11) is 3.63. The lowest BCUT2D eigenvalue weighted by molar-refractivity contribution is -0.128. The van der Waals surface area contributed by atoms with Crippen LogP contribution < -0.4 is 0 Å². The van der Waals surface area contributed by atoms with Gasteiger partial charge in [0.2, 0.25) is 5.91 Å². The molecule has 2 fully saturated rings. The summed E-state index contributed by atoms with van der Waals surface area (Å²) >= 11 is 0. The highest BCUT2D eigenvalue weighted by molar-refractivity contribution is 5.91. The van der Waals surface area contributed by atoms with E-state index in [1.807, 2.05) is 13.1 Å². The van der Waals surface area contributed by atoms with E-state index in [0.717, 1.165) is 31.6 Å². The molecular weight excluding hydrogens is 292 g/mol. The number of aliphatic hydroxyl groups excluding tert-OH is 1. The average molecular weight is 318 g/mol. The number of aromatic nitrogens is 2. The minimum absolute atomic E-state index is 0.0719. The van der Waals surface area contributed by atoms with E-state index in [0.29, 0.717) is 0 Å². The Morgan fingerprint density at radius 2 is 2.13 bits per heavy atom. The van der Waals surface area contributed by atoms with E-state index in [1.54, 1.807) is 35.0 Å². The zero-order valence-corrected chi connectivity index (χ0v) is 13.9. The second kappa shape index (κ2) is 6.84. The van der Waals surface area contributed by atoms with Crippen LogP contribution in [0.3, 0.4) is 0 Å². The van der Waals surface area contributed by atoms with Crippen LogP contribution in [0, 0.1) is 0 Å². The van der Waals surface area contributed by atoms with Crippen molar-refractivity contribution in [2.75, 3.05) is 20.1 Å². The molecular formula is C17H26N4O2. The first-order valence-corrected chi connectivity index (χ1v) is 8.43. The molecule has 3 rings (SSSR count). The van der Waals surface area contributed by atoms with Crippen LogP contribution in [0.1, 0.15) is 31.4 Å². The molecule has 1 N–H and O–H groups in total. The second-order valence-corrected chi connectivity index (χ2v) is 6.61. The maximum atomic E-state index is 12.4. The van der Waals surface area contributed by atoms with Crippen molar-refractivity contribution in [1.82, 2.24) is 19.6 Å². The van der Waals surface area contributed by atoms with Crippen molar-refractivity contribution in [2.45, 2.75) is 43.9 Å². The van der Waals surface area contributed by atoms with Gasteiger partial charge in [-0.05, 0) is 50.9 Å². The third-order valence-corrected chi connectivity index (χ3v) is 5.26. The molecule has 0 aromatic carbocycles. The van der Waals surface area contributed by atoms with Gasteiger partial charge in [0.15, 0.2) is 0 Å². The Bertz CT molecular complexity index is 577. The molecule has 1 aliphatic heterocycles. The van der Waals surface area contributed by atoms with Crippen LogP contribution in [0.25, 0.3) is 6.08 Å².